The molecule has 14 heavy (non-hydrogen) atoms. The Hall–Kier alpha value is -0.840. The van der Waals surface area contributed by atoms with Gasteiger partial charge < -0.3 is 9.64 Å². The van der Waals surface area contributed by atoms with Crippen LogP contribution in [0, 0.1) is 0 Å². The Kier molecular flexibility index (Phi) is 7.10. The van der Waals surface area contributed by atoms with E-state index in [1.54, 1.807) is 0 Å². The van der Waals surface area contributed by atoms with Crippen molar-refractivity contribution in [2.75, 3.05) is 20.2 Å². The average Bonchev–Trinajstić information content (AvgIpc) is 2.17. The van der Waals surface area contributed by atoms with Crippen molar-refractivity contribution in [1.82, 2.24) is 10.2 Å². The van der Waals surface area contributed by atoms with E-state index in [2.05, 4.69) is 23.9 Å². The third kappa shape index (κ3) is 5.01. The molecule has 0 aromatic rings. The van der Waals surface area contributed by atoms with E-state index in [0.717, 1.165) is 25.9 Å². The number of rotatable bonds is 4. The number of hydrogen-bond acceptors (Lipinski definition) is 3. The Morgan fingerprint density at radius 2 is 1.86 bits per heavy atom. The maximum Gasteiger partial charge on any atom is 0.413 e. The van der Waals surface area contributed by atoms with Crippen LogP contribution in [-0.4, -0.2) is 36.3 Å². The van der Waals surface area contributed by atoms with Crippen molar-refractivity contribution < 1.29 is 9.53 Å². The summed E-state index contributed by atoms with van der Waals surface area (Å²) in [5.74, 6) is 0. The minimum Gasteiger partial charge on any atom is -0.453 e. The van der Waals surface area contributed by atoms with Crippen LogP contribution in [0.5, 0.6) is 0 Å². The van der Waals surface area contributed by atoms with Gasteiger partial charge in [-0.1, -0.05) is 13.8 Å². The second-order valence-electron chi connectivity index (χ2n) is 2.91. The summed E-state index contributed by atoms with van der Waals surface area (Å²) in [6, 6.07) is 0. The van der Waals surface area contributed by atoms with Gasteiger partial charge in [-0.25, -0.2) is 4.79 Å². The van der Waals surface area contributed by atoms with E-state index in [-0.39, 0.29) is 0 Å². The van der Waals surface area contributed by atoms with E-state index >= 15 is 0 Å². The Balaban J connectivity index is 4.06. The first kappa shape index (κ1) is 13.2. The first-order valence-corrected chi connectivity index (χ1v) is 5.20. The second-order valence-corrected chi connectivity index (χ2v) is 3.30. The molecule has 0 saturated carbocycles. The first-order valence-electron chi connectivity index (χ1n) is 4.79. The number of carbonyl (C=O) groups is 1. The lowest BCUT2D eigenvalue weighted by Crippen LogP contribution is -2.43. The lowest BCUT2D eigenvalue weighted by molar-refractivity contribution is 0.175. The quantitative estimate of drug-likeness (QED) is 0.730. The number of nitrogens with zero attached hydrogens (tertiary/aromatic N) is 1. The smallest absolute Gasteiger partial charge is 0.413 e. The fourth-order valence-electron chi connectivity index (χ4n) is 1.07. The zero-order chi connectivity index (χ0) is 11.0. The predicted molar refractivity (Wildman–Crippen MR) is 60.3 cm³/mol. The lowest BCUT2D eigenvalue weighted by atomic mass is 10.4. The van der Waals surface area contributed by atoms with E-state index in [1.165, 1.54) is 7.11 Å². The maximum atomic E-state index is 10.9. The van der Waals surface area contributed by atoms with Gasteiger partial charge in [-0.05, 0) is 25.1 Å². The minimum absolute atomic E-state index is 0.445. The molecule has 0 rings (SSSR count). The van der Waals surface area contributed by atoms with Gasteiger partial charge in [0.25, 0.3) is 0 Å². The van der Waals surface area contributed by atoms with Crippen molar-refractivity contribution >= 4 is 23.4 Å². The highest BCUT2D eigenvalue weighted by Gasteiger charge is 2.10. The van der Waals surface area contributed by atoms with Crippen molar-refractivity contribution in [3.63, 3.8) is 0 Å². The number of methoxy groups -OCH3 is 1. The molecule has 0 fully saturated rings. The van der Waals surface area contributed by atoms with E-state index < -0.39 is 6.09 Å². The molecule has 0 atom stereocenters. The van der Waals surface area contributed by atoms with Gasteiger partial charge in [-0.2, -0.15) is 0 Å². The highest BCUT2D eigenvalue weighted by atomic mass is 32.1. The summed E-state index contributed by atoms with van der Waals surface area (Å²) in [4.78, 5) is 12.9. The monoisotopic (exact) mass is 218 g/mol. The highest BCUT2D eigenvalue weighted by Crippen LogP contribution is 1.95. The third-order valence-corrected chi connectivity index (χ3v) is 2.03. The van der Waals surface area contributed by atoms with Crippen LogP contribution in [0.3, 0.4) is 0 Å². The van der Waals surface area contributed by atoms with E-state index in [4.69, 9.17) is 12.2 Å². The van der Waals surface area contributed by atoms with Crippen LogP contribution in [0.2, 0.25) is 0 Å². The molecule has 4 nitrogen and oxygen atoms in total. The largest absolute Gasteiger partial charge is 0.453 e. The zero-order valence-corrected chi connectivity index (χ0v) is 9.82. The summed E-state index contributed by atoms with van der Waals surface area (Å²) in [5, 5.41) is 2.94. The van der Waals surface area contributed by atoms with Gasteiger partial charge in [0.15, 0.2) is 5.11 Å². The molecule has 82 valence electrons. The van der Waals surface area contributed by atoms with Crippen LogP contribution in [-0.2, 0) is 4.74 Å². The summed E-state index contributed by atoms with van der Waals surface area (Å²) in [6.07, 6.45) is 1.50. The van der Waals surface area contributed by atoms with Crippen molar-refractivity contribution in [2.24, 2.45) is 0 Å². The normalized spacial score (nSPS) is 9.36. The fourth-order valence-corrected chi connectivity index (χ4v) is 1.34. The van der Waals surface area contributed by atoms with Crippen LogP contribution in [0.1, 0.15) is 26.7 Å². The average molecular weight is 218 g/mol. The van der Waals surface area contributed by atoms with E-state index in [9.17, 15) is 4.79 Å². The minimum atomic E-state index is -0.507. The zero-order valence-electron chi connectivity index (χ0n) is 9.00. The molecule has 0 aromatic carbocycles. The number of amides is 1. The van der Waals surface area contributed by atoms with Gasteiger partial charge in [0, 0.05) is 13.1 Å². The molecule has 5 heteroatoms. The first-order chi connectivity index (χ1) is 6.65. The Labute approximate surface area is 90.6 Å². The van der Waals surface area contributed by atoms with Gasteiger partial charge in [-0.3, -0.25) is 5.32 Å². The number of carbonyl (C=O) groups excluding carboxylic acids is 1. The van der Waals surface area contributed by atoms with Gasteiger partial charge in [0.2, 0.25) is 0 Å². The third-order valence-electron chi connectivity index (χ3n) is 1.67. The van der Waals surface area contributed by atoms with Crippen LogP contribution < -0.4 is 5.32 Å². The van der Waals surface area contributed by atoms with Crippen LogP contribution in [0.15, 0.2) is 0 Å². The molecule has 0 aliphatic heterocycles. The summed E-state index contributed by atoms with van der Waals surface area (Å²) in [6.45, 7) is 5.86. The van der Waals surface area contributed by atoms with Gasteiger partial charge in [-0.15, -0.1) is 0 Å². The molecule has 0 bridgehead atoms. The molecular weight excluding hydrogens is 200 g/mol. The highest BCUT2D eigenvalue weighted by molar-refractivity contribution is 7.80. The van der Waals surface area contributed by atoms with Crippen molar-refractivity contribution in [1.29, 1.82) is 0 Å². The summed E-state index contributed by atoms with van der Waals surface area (Å²) in [7, 11) is 1.32. The molecule has 0 radical (unpaired) electrons. The van der Waals surface area contributed by atoms with E-state index in [1.807, 2.05) is 4.90 Å². The molecule has 0 aliphatic carbocycles. The molecule has 0 saturated heterocycles. The summed E-state index contributed by atoms with van der Waals surface area (Å²) in [5.41, 5.74) is 0. The SMILES string of the molecule is CCCN(CCC)C(=S)NC(=O)OC. The number of alkyl carbamates (subject to hydrolysis) is 1. The van der Waals surface area contributed by atoms with Gasteiger partial charge in [0.1, 0.15) is 0 Å². The molecule has 0 unspecified atom stereocenters. The topological polar surface area (TPSA) is 41.6 Å². The Bertz CT molecular complexity index is 191. The van der Waals surface area contributed by atoms with Gasteiger partial charge >= 0.3 is 6.09 Å². The number of hydrogen-bond donors (Lipinski definition) is 1. The standard InChI is InChI=1S/C9H18N2O2S/c1-4-6-11(7-5-2)8(14)10-9(12)13-3/h4-7H2,1-3H3,(H,10,12,14). The van der Waals surface area contributed by atoms with Gasteiger partial charge in [0.05, 0.1) is 7.11 Å². The molecule has 0 heterocycles. The Morgan fingerprint density at radius 1 is 1.36 bits per heavy atom. The number of nitrogens with one attached hydrogen (secondary N) is 1. The fraction of sp³-hybridized carbons (Fsp3) is 0.778. The second kappa shape index (κ2) is 7.55. The number of thiocarbonyl (C=S) groups is 1. The van der Waals surface area contributed by atoms with Crippen LogP contribution in [0.4, 0.5) is 4.79 Å². The molecule has 0 aliphatic rings. The van der Waals surface area contributed by atoms with Crippen molar-refractivity contribution in [3.05, 3.63) is 0 Å². The summed E-state index contributed by atoms with van der Waals surface area (Å²) >= 11 is 5.06. The van der Waals surface area contributed by atoms with Crippen molar-refractivity contribution in [3.8, 4) is 0 Å². The summed E-state index contributed by atoms with van der Waals surface area (Å²) < 4.78 is 4.46. The molecular formula is C9H18N2O2S. The van der Waals surface area contributed by atoms with Crippen LogP contribution >= 0.6 is 12.2 Å². The predicted octanol–water partition coefficient (Wildman–Crippen LogP) is 1.75. The van der Waals surface area contributed by atoms with Crippen LogP contribution in [0.25, 0.3) is 0 Å². The Morgan fingerprint density at radius 3 is 2.21 bits per heavy atom. The van der Waals surface area contributed by atoms with E-state index in [0.29, 0.717) is 5.11 Å². The van der Waals surface area contributed by atoms with Crippen molar-refractivity contribution in [2.45, 2.75) is 26.7 Å². The maximum absolute atomic E-state index is 10.9. The molecule has 0 spiro atoms. The molecule has 0 aromatic heterocycles. The number of ether oxygens (including phenoxy) is 1. The lowest BCUT2D eigenvalue weighted by Gasteiger charge is -2.23. The molecule has 1 N–H and O–H groups in total. The molecule has 1 amide bonds.